The molecule has 1 N–H and O–H groups in total. The van der Waals surface area contributed by atoms with Crippen LogP contribution in [0.3, 0.4) is 0 Å². The second-order valence-electron chi connectivity index (χ2n) is 9.18. The molecule has 0 bridgehead atoms. The minimum atomic E-state index is -0.560. The summed E-state index contributed by atoms with van der Waals surface area (Å²) in [4.78, 5) is 28.8. The number of halogens is 1. The van der Waals surface area contributed by atoms with E-state index in [0.29, 0.717) is 53.1 Å². The third kappa shape index (κ3) is 6.23. The molecule has 8 nitrogen and oxygen atoms in total. The monoisotopic (exact) mass is 552 g/mol. The highest BCUT2D eigenvalue weighted by Crippen LogP contribution is 2.46. The van der Waals surface area contributed by atoms with E-state index in [0.717, 1.165) is 11.1 Å². The minimum absolute atomic E-state index is 0.102. The molecular formula is C30H33ClN2O6. The number of hydrogen-bond acceptors (Lipinski definition) is 6. The van der Waals surface area contributed by atoms with E-state index >= 15 is 0 Å². The Bertz CT molecular complexity index is 1270. The second-order valence-corrected chi connectivity index (χ2v) is 9.61. The molecule has 9 heteroatoms. The summed E-state index contributed by atoms with van der Waals surface area (Å²) in [5.41, 5.74) is 2.44. The molecule has 0 spiro atoms. The van der Waals surface area contributed by atoms with Crippen LogP contribution in [0.2, 0.25) is 5.02 Å². The van der Waals surface area contributed by atoms with E-state index in [-0.39, 0.29) is 18.2 Å². The highest BCUT2D eigenvalue weighted by atomic mass is 35.5. The third-order valence-electron chi connectivity index (χ3n) is 6.95. The normalized spacial score (nSPS) is 16.9. The van der Waals surface area contributed by atoms with Gasteiger partial charge in [0.05, 0.1) is 46.1 Å². The van der Waals surface area contributed by atoms with E-state index < -0.39 is 12.0 Å². The van der Waals surface area contributed by atoms with E-state index in [1.54, 1.807) is 24.1 Å². The average Bonchev–Trinajstić information content (AvgIpc) is 2.97. The minimum Gasteiger partial charge on any atom is -0.497 e. The number of ether oxygens (including phenoxy) is 4. The number of benzene rings is 3. The van der Waals surface area contributed by atoms with Crippen molar-refractivity contribution >= 4 is 29.1 Å². The maximum atomic E-state index is 13.6. The lowest BCUT2D eigenvalue weighted by atomic mass is 9.83. The largest absolute Gasteiger partial charge is 0.497 e. The van der Waals surface area contributed by atoms with Crippen LogP contribution < -0.4 is 29.2 Å². The standard InChI is InChI=1S/C30H33ClN2O6/c1-36-23-11-7-20(8-12-23)28-24(30(35)32-16-15-19-5-9-21(31)10-6-19)13-14-27(34)33(28)22-17-25(37-2)29(39-4)26(18-22)38-3/h5-12,17-18,24,28H,13-16H2,1-4H3,(H,32,35)/t24-,28+/m0/s1. The summed E-state index contributed by atoms with van der Waals surface area (Å²) in [5.74, 6) is 1.24. The van der Waals surface area contributed by atoms with Crippen LogP contribution in [0.1, 0.15) is 30.0 Å². The summed E-state index contributed by atoms with van der Waals surface area (Å²) in [6, 6.07) is 17.9. The Morgan fingerprint density at radius 2 is 1.56 bits per heavy atom. The molecule has 1 fully saturated rings. The van der Waals surface area contributed by atoms with Crippen LogP contribution in [0.5, 0.6) is 23.0 Å². The second kappa shape index (κ2) is 12.8. The Hall–Kier alpha value is -3.91. The summed E-state index contributed by atoms with van der Waals surface area (Å²) >= 11 is 5.99. The zero-order valence-corrected chi connectivity index (χ0v) is 23.3. The molecule has 1 heterocycles. The number of nitrogens with one attached hydrogen (secondary N) is 1. The Morgan fingerprint density at radius 3 is 2.13 bits per heavy atom. The maximum absolute atomic E-state index is 13.6. The molecule has 0 unspecified atom stereocenters. The highest BCUT2D eigenvalue weighted by molar-refractivity contribution is 6.30. The van der Waals surface area contributed by atoms with Crippen LogP contribution in [0.25, 0.3) is 0 Å². The molecule has 0 saturated carbocycles. The Balaban J connectivity index is 1.69. The van der Waals surface area contributed by atoms with E-state index in [2.05, 4.69) is 5.32 Å². The number of carbonyl (C=O) groups excluding carboxylic acids is 2. The summed E-state index contributed by atoms with van der Waals surface area (Å²) < 4.78 is 21.9. The van der Waals surface area contributed by atoms with E-state index in [1.165, 1.54) is 21.3 Å². The average molecular weight is 553 g/mol. The number of amides is 2. The van der Waals surface area contributed by atoms with Gasteiger partial charge in [-0.25, -0.2) is 0 Å². The molecule has 0 aliphatic carbocycles. The van der Waals surface area contributed by atoms with Gasteiger partial charge >= 0.3 is 0 Å². The summed E-state index contributed by atoms with van der Waals surface area (Å²) in [6.45, 7) is 0.463. The molecule has 0 aromatic heterocycles. The Labute approximate surface area is 233 Å². The predicted octanol–water partition coefficient (Wildman–Crippen LogP) is 5.22. The van der Waals surface area contributed by atoms with Crippen molar-refractivity contribution in [2.45, 2.75) is 25.3 Å². The van der Waals surface area contributed by atoms with Gasteiger partial charge in [0.1, 0.15) is 5.75 Å². The number of carbonyl (C=O) groups is 2. The van der Waals surface area contributed by atoms with Gasteiger partial charge in [-0.15, -0.1) is 0 Å². The van der Waals surface area contributed by atoms with Gasteiger partial charge in [0.25, 0.3) is 0 Å². The fraction of sp³-hybridized carbons (Fsp3) is 0.333. The molecule has 2 atom stereocenters. The first kappa shape index (κ1) is 28.1. The van der Waals surface area contributed by atoms with Gasteiger partial charge < -0.3 is 29.2 Å². The van der Waals surface area contributed by atoms with Crippen LogP contribution in [0.15, 0.2) is 60.7 Å². The smallest absolute Gasteiger partial charge is 0.227 e. The molecule has 1 aliphatic heterocycles. The van der Waals surface area contributed by atoms with Crippen molar-refractivity contribution in [3.63, 3.8) is 0 Å². The Morgan fingerprint density at radius 1 is 0.923 bits per heavy atom. The van der Waals surface area contributed by atoms with Crippen molar-refractivity contribution in [2.75, 3.05) is 39.9 Å². The molecule has 4 rings (SSSR count). The van der Waals surface area contributed by atoms with Gasteiger partial charge in [0.15, 0.2) is 11.5 Å². The lowest BCUT2D eigenvalue weighted by Crippen LogP contribution is -2.48. The highest BCUT2D eigenvalue weighted by Gasteiger charge is 2.42. The number of methoxy groups -OCH3 is 4. The van der Waals surface area contributed by atoms with Crippen molar-refractivity contribution in [2.24, 2.45) is 5.92 Å². The summed E-state index contributed by atoms with van der Waals surface area (Å²) in [6.07, 6.45) is 1.31. The molecule has 3 aromatic rings. The van der Waals surface area contributed by atoms with Crippen LogP contribution in [0.4, 0.5) is 5.69 Å². The lowest BCUT2D eigenvalue weighted by Gasteiger charge is -2.41. The first-order valence-electron chi connectivity index (χ1n) is 12.7. The molecule has 206 valence electrons. The van der Waals surface area contributed by atoms with Crippen LogP contribution >= 0.6 is 11.6 Å². The lowest BCUT2D eigenvalue weighted by molar-refractivity contribution is -0.129. The van der Waals surface area contributed by atoms with Gasteiger partial charge in [-0.1, -0.05) is 35.9 Å². The van der Waals surface area contributed by atoms with Crippen LogP contribution in [0, 0.1) is 5.92 Å². The summed E-state index contributed by atoms with van der Waals surface area (Å²) in [5, 5.41) is 3.75. The molecule has 1 saturated heterocycles. The maximum Gasteiger partial charge on any atom is 0.227 e. The zero-order chi connectivity index (χ0) is 27.9. The van der Waals surface area contributed by atoms with E-state index in [4.69, 9.17) is 30.5 Å². The number of anilines is 1. The predicted molar refractivity (Wildman–Crippen MR) is 150 cm³/mol. The fourth-order valence-electron chi connectivity index (χ4n) is 4.97. The molecule has 3 aromatic carbocycles. The van der Waals surface area contributed by atoms with Crippen LogP contribution in [-0.4, -0.2) is 46.8 Å². The SMILES string of the molecule is COc1ccc([C@@H]2[C@@H](C(=O)NCCc3ccc(Cl)cc3)CCC(=O)N2c2cc(OC)c(OC)c(OC)c2)cc1. The number of piperidine rings is 1. The van der Waals surface area contributed by atoms with Gasteiger partial charge in [-0.3, -0.25) is 9.59 Å². The first-order chi connectivity index (χ1) is 18.9. The van der Waals surface area contributed by atoms with Gasteiger partial charge in [0, 0.05) is 30.1 Å². The molecule has 0 radical (unpaired) electrons. The Kier molecular flexibility index (Phi) is 9.19. The van der Waals surface area contributed by atoms with Gasteiger partial charge in [-0.05, 0) is 48.2 Å². The van der Waals surface area contributed by atoms with E-state index in [9.17, 15) is 9.59 Å². The third-order valence-corrected chi connectivity index (χ3v) is 7.20. The van der Waals surface area contributed by atoms with Crippen molar-refractivity contribution in [3.05, 3.63) is 76.8 Å². The van der Waals surface area contributed by atoms with Crippen molar-refractivity contribution < 1.29 is 28.5 Å². The quantitative estimate of drug-likeness (QED) is 0.371. The topological polar surface area (TPSA) is 86.3 Å². The number of rotatable bonds is 10. The molecule has 1 aliphatic rings. The first-order valence-corrected chi connectivity index (χ1v) is 13.1. The molecule has 2 amide bonds. The van der Waals surface area contributed by atoms with Crippen molar-refractivity contribution in [3.8, 4) is 23.0 Å². The van der Waals surface area contributed by atoms with Crippen molar-refractivity contribution in [1.29, 1.82) is 0 Å². The summed E-state index contributed by atoms with van der Waals surface area (Å²) in [7, 11) is 6.17. The van der Waals surface area contributed by atoms with Crippen molar-refractivity contribution in [1.82, 2.24) is 5.32 Å². The zero-order valence-electron chi connectivity index (χ0n) is 22.5. The molecule has 39 heavy (non-hydrogen) atoms. The molecular weight excluding hydrogens is 520 g/mol. The van der Waals surface area contributed by atoms with Gasteiger partial charge in [0.2, 0.25) is 17.6 Å². The number of hydrogen-bond donors (Lipinski definition) is 1. The van der Waals surface area contributed by atoms with E-state index in [1.807, 2.05) is 48.5 Å². The number of nitrogens with zero attached hydrogens (tertiary/aromatic N) is 1. The van der Waals surface area contributed by atoms with Crippen LogP contribution in [-0.2, 0) is 16.0 Å². The van der Waals surface area contributed by atoms with Gasteiger partial charge in [-0.2, -0.15) is 0 Å². The fourth-order valence-corrected chi connectivity index (χ4v) is 5.10.